The van der Waals surface area contributed by atoms with Crippen molar-refractivity contribution in [2.75, 3.05) is 5.32 Å². The van der Waals surface area contributed by atoms with Crippen molar-refractivity contribution in [1.82, 2.24) is 14.8 Å². The van der Waals surface area contributed by atoms with E-state index in [0.29, 0.717) is 16.6 Å². The monoisotopic (exact) mass is 284 g/mol. The quantitative estimate of drug-likeness (QED) is 0.929. The van der Waals surface area contributed by atoms with Crippen LogP contribution < -0.4 is 5.32 Å². The predicted molar refractivity (Wildman–Crippen MR) is 74.2 cm³/mol. The van der Waals surface area contributed by atoms with Crippen LogP contribution in [0, 0.1) is 0 Å². The molecule has 0 saturated carbocycles. The predicted octanol–water partition coefficient (Wildman–Crippen LogP) is 3.78. The van der Waals surface area contributed by atoms with Crippen LogP contribution in [0.25, 0.3) is 0 Å². The van der Waals surface area contributed by atoms with Crippen molar-refractivity contribution in [3.8, 4) is 0 Å². The van der Waals surface area contributed by atoms with Gasteiger partial charge in [-0.05, 0) is 32.0 Å². The maximum absolute atomic E-state index is 5.95. The van der Waals surface area contributed by atoms with Gasteiger partial charge in [-0.3, -0.25) is 0 Å². The minimum atomic E-state index is 0.290. The molecule has 2 rings (SSSR count). The van der Waals surface area contributed by atoms with Gasteiger partial charge in [0.2, 0.25) is 0 Å². The largest absolute Gasteiger partial charge is 0.378 e. The van der Waals surface area contributed by atoms with E-state index in [9.17, 15) is 0 Å². The number of aromatic nitrogens is 3. The zero-order valence-electron chi connectivity index (χ0n) is 10.2. The molecule has 0 radical (unpaired) electrons. The van der Waals surface area contributed by atoms with E-state index >= 15 is 0 Å². The number of benzene rings is 1. The number of hydrogen-bond donors (Lipinski definition) is 1. The zero-order chi connectivity index (χ0) is 13.1. The number of nitrogens with one attached hydrogen (secondary N) is 1. The van der Waals surface area contributed by atoms with Gasteiger partial charge in [-0.1, -0.05) is 23.2 Å². The normalized spacial score (nSPS) is 10.9. The lowest BCUT2D eigenvalue weighted by atomic mass is 10.3. The molecule has 0 fully saturated rings. The van der Waals surface area contributed by atoms with E-state index < -0.39 is 0 Å². The number of anilines is 1. The summed E-state index contributed by atoms with van der Waals surface area (Å²) in [5.74, 6) is 0.885. The molecule has 18 heavy (non-hydrogen) atoms. The van der Waals surface area contributed by atoms with E-state index in [2.05, 4.69) is 29.2 Å². The third kappa shape index (κ3) is 2.94. The van der Waals surface area contributed by atoms with Gasteiger partial charge in [-0.2, -0.15) is 5.10 Å². The smallest absolute Gasteiger partial charge is 0.146 e. The second-order valence-electron chi connectivity index (χ2n) is 4.20. The Bertz CT molecular complexity index is 537. The molecule has 0 bridgehead atoms. The molecule has 0 aliphatic carbocycles. The van der Waals surface area contributed by atoms with Crippen molar-refractivity contribution in [3.05, 3.63) is 40.4 Å². The van der Waals surface area contributed by atoms with Crippen molar-refractivity contribution < 1.29 is 0 Å². The number of halogens is 2. The highest BCUT2D eigenvalue weighted by Crippen LogP contribution is 2.25. The van der Waals surface area contributed by atoms with Crippen molar-refractivity contribution in [2.24, 2.45) is 0 Å². The lowest BCUT2D eigenvalue weighted by Gasteiger charge is -2.11. The standard InChI is InChI=1S/C12H14Cl2N4/c1-8(2)18-12(16-7-17-18)6-15-9-3-4-10(13)11(14)5-9/h3-5,7-8,15H,6H2,1-2H3. The lowest BCUT2D eigenvalue weighted by molar-refractivity contribution is 0.509. The first-order valence-electron chi connectivity index (χ1n) is 5.65. The van der Waals surface area contributed by atoms with E-state index in [1.54, 1.807) is 18.5 Å². The van der Waals surface area contributed by atoms with Crippen LogP contribution in [0.1, 0.15) is 25.7 Å². The molecule has 0 spiro atoms. The Hall–Kier alpha value is -1.26. The Morgan fingerprint density at radius 3 is 2.72 bits per heavy atom. The fourth-order valence-corrected chi connectivity index (χ4v) is 1.92. The van der Waals surface area contributed by atoms with Gasteiger partial charge in [0.1, 0.15) is 12.2 Å². The van der Waals surface area contributed by atoms with E-state index in [-0.39, 0.29) is 6.04 Å². The van der Waals surface area contributed by atoms with Crippen LogP contribution in [0.5, 0.6) is 0 Å². The summed E-state index contributed by atoms with van der Waals surface area (Å²) in [5.41, 5.74) is 0.905. The molecule has 2 aromatic rings. The van der Waals surface area contributed by atoms with Crippen LogP contribution >= 0.6 is 23.2 Å². The van der Waals surface area contributed by atoms with Gasteiger partial charge in [-0.25, -0.2) is 9.67 Å². The summed E-state index contributed by atoms with van der Waals surface area (Å²) in [4.78, 5) is 4.22. The molecule has 0 amide bonds. The maximum Gasteiger partial charge on any atom is 0.146 e. The van der Waals surface area contributed by atoms with Gasteiger partial charge < -0.3 is 5.32 Å². The summed E-state index contributed by atoms with van der Waals surface area (Å²) in [5, 5.41) is 8.50. The highest BCUT2D eigenvalue weighted by Gasteiger charge is 2.07. The van der Waals surface area contributed by atoms with Crippen LogP contribution in [0.3, 0.4) is 0 Å². The second-order valence-corrected chi connectivity index (χ2v) is 5.01. The van der Waals surface area contributed by atoms with Crippen LogP contribution in [-0.2, 0) is 6.54 Å². The minimum absolute atomic E-state index is 0.290. The summed E-state index contributed by atoms with van der Waals surface area (Å²) in [7, 11) is 0. The Labute approximate surface area is 116 Å². The molecular formula is C12H14Cl2N4. The van der Waals surface area contributed by atoms with E-state index in [4.69, 9.17) is 23.2 Å². The van der Waals surface area contributed by atoms with Crippen LogP contribution in [-0.4, -0.2) is 14.8 Å². The van der Waals surface area contributed by atoms with Gasteiger partial charge in [0.15, 0.2) is 0 Å². The molecular weight excluding hydrogens is 271 g/mol. The average Bonchev–Trinajstić information content (AvgIpc) is 2.79. The lowest BCUT2D eigenvalue weighted by Crippen LogP contribution is -2.11. The van der Waals surface area contributed by atoms with Crippen LogP contribution in [0.2, 0.25) is 10.0 Å². The summed E-state index contributed by atoms with van der Waals surface area (Å²) >= 11 is 11.8. The summed E-state index contributed by atoms with van der Waals surface area (Å²) in [6.07, 6.45) is 1.56. The third-order valence-corrected chi connectivity index (χ3v) is 3.25. The van der Waals surface area contributed by atoms with Gasteiger partial charge in [0, 0.05) is 11.7 Å². The molecule has 96 valence electrons. The van der Waals surface area contributed by atoms with Crippen molar-refractivity contribution in [3.63, 3.8) is 0 Å². The molecule has 1 heterocycles. The first-order valence-corrected chi connectivity index (χ1v) is 6.41. The summed E-state index contributed by atoms with van der Waals surface area (Å²) in [6.45, 7) is 4.73. The molecule has 4 nitrogen and oxygen atoms in total. The Morgan fingerprint density at radius 2 is 2.06 bits per heavy atom. The second kappa shape index (κ2) is 5.59. The average molecular weight is 285 g/mol. The molecule has 1 N–H and O–H groups in total. The fraction of sp³-hybridized carbons (Fsp3) is 0.333. The van der Waals surface area contributed by atoms with Crippen molar-refractivity contribution >= 4 is 28.9 Å². The molecule has 6 heteroatoms. The molecule has 0 aliphatic heterocycles. The van der Waals surface area contributed by atoms with Crippen molar-refractivity contribution in [2.45, 2.75) is 26.4 Å². The number of nitrogens with zero attached hydrogens (tertiary/aromatic N) is 3. The summed E-state index contributed by atoms with van der Waals surface area (Å²) in [6, 6.07) is 5.72. The Morgan fingerprint density at radius 1 is 1.28 bits per heavy atom. The fourth-order valence-electron chi connectivity index (χ4n) is 1.62. The molecule has 0 unspecified atom stereocenters. The third-order valence-electron chi connectivity index (χ3n) is 2.51. The van der Waals surface area contributed by atoms with E-state index in [0.717, 1.165) is 11.5 Å². The molecule has 1 aromatic carbocycles. The Balaban J connectivity index is 2.07. The van der Waals surface area contributed by atoms with Crippen LogP contribution in [0.15, 0.2) is 24.5 Å². The van der Waals surface area contributed by atoms with Gasteiger partial charge in [0.05, 0.1) is 16.6 Å². The molecule has 1 aromatic heterocycles. The highest BCUT2D eigenvalue weighted by molar-refractivity contribution is 6.42. The minimum Gasteiger partial charge on any atom is -0.378 e. The van der Waals surface area contributed by atoms with Gasteiger partial charge in [-0.15, -0.1) is 0 Å². The van der Waals surface area contributed by atoms with Crippen LogP contribution in [0.4, 0.5) is 5.69 Å². The zero-order valence-corrected chi connectivity index (χ0v) is 11.7. The topological polar surface area (TPSA) is 42.7 Å². The SMILES string of the molecule is CC(C)n1ncnc1CNc1ccc(Cl)c(Cl)c1. The molecule has 0 atom stereocenters. The first-order chi connectivity index (χ1) is 8.58. The Kier molecular flexibility index (Phi) is 4.09. The highest BCUT2D eigenvalue weighted by atomic mass is 35.5. The van der Waals surface area contributed by atoms with Gasteiger partial charge >= 0.3 is 0 Å². The molecule has 0 aliphatic rings. The number of rotatable bonds is 4. The number of hydrogen-bond acceptors (Lipinski definition) is 3. The maximum atomic E-state index is 5.95. The van der Waals surface area contributed by atoms with E-state index in [1.807, 2.05) is 10.7 Å². The summed E-state index contributed by atoms with van der Waals surface area (Å²) < 4.78 is 1.88. The molecule has 0 saturated heterocycles. The first kappa shape index (κ1) is 13.2. The van der Waals surface area contributed by atoms with Crippen molar-refractivity contribution in [1.29, 1.82) is 0 Å². The van der Waals surface area contributed by atoms with E-state index in [1.165, 1.54) is 0 Å². The van der Waals surface area contributed by atoms with Gasteiger partial charge in [0.25, 0.3) is 0 Å².